The van der Waals surface area contributed by atoms with Crippen molar-refractivity contribution in [2.24, 2.45) is 17.9 Å². The van der Waals surface area contributed by atoms with E-state index >= 15 is 0 Å². The second-order valence-corrected chi connectivity index (χ2v) is 7.08. The predicted octanol–water partition coefficient (Wildman–Crippen LogP) is 1.39. The second-order valence-electron chi connectivity index (χ2n) is 7.08. The van der Waals surface area contributed by atoms with Crippen LogP contribution in [0.1, 0.15) is 41.0 Å². The molecule has 0 saturated heterocycles. The molecule has 1 aromatic heterocycles. The Hall–Kier alpha value is -1.72. The molecule has 1 fully saturated rings. The van der Waals surface area contributed by atoms with Crippen molar-refractivity contribution in [2.75, 3.05) is 11.1 Å². The van der Waals surface area contributed by atoms with Gasteiger partial charge in [0.05, 0.1) is 0 Å². The Labute approximate surface area is 125 Å². The molecule has 0 bridgehead atoms. The van der Waals surface area contributed by atoms with Crippen LogP contribution in [0.5, 0.6) is 0 Å². The molecule has 1 aliphatic rings. The first-order valence-electron chi connectivity index (χ1n) is 7.43. The van der Waals surface area contributed by atoms with Crippen molar-refractivity contribution in [3.63, 3.8) is 0 Å². The normalized spacial score (nSPS) is 19.5. The van der Waals surface area contributed by atoms with Gasteiger partial charge in [0.15, 0.2) is 0 Å². The molecule has 21 heavy (non-hydrogen) atoms. The Morgan fingerprint density at radius 3 is 2.14 bits per heavy atom. The minimum absolute atomic E-state index is 0.0795. The van der Waals surface area contributed by atoms with Gasteiger partial charge in [-0.3, -0.25) is 13.9 Å². The first-order chi connectivity index (χ1) is 9.57. The molecule has 0 spiro atoms. The number of nitrogens with one attached hydrogen (secondary N) is 1. The summed E-state index contributed by atoms with van der Waals surface area (Å²) in [5.74, 6) is 0.239. The van der Waals surface area contributed by atoms with E-state index in [-0.39, 0.29) is 33.9 Å². The first kappa shape index (κ1) is 15.7. The van der Waals surface area contributed by atoms with Crippen molar-refractivity contribution in [2.45, 2.75) is 53.6 Å². The Balaban J connectivity index is 2.51. The van der Waals surface area contributed by atoms with Gasteiger partial charge in [-0.05, 0) is 17.3 Å². The lowest BCUT2D eigenvalue weighted by atomic mass is 10.0. The number of hydrogen-bond donors (Lipinski definition) is 2. The van der Waals surface area contributed by atoms with Gasteiger partial charge in [-0.1, -0.05) is 34.6 Å². The molecule has 2 rings (SSSR count). The number of rotatable bonds is 4. The van der Waals surface area contributed by atoms with Gasteiger partial charge in [-0.15, -0.1) is 0 Å². The monoisotopic (exact) mass is 294 g/mol. The van der Waals surface area contributed by atoms with Crippen LogP contribution in [0, 0.1) is 10.8 Å². The molecule has 0 radical (unpaired) electrons. The Morgan fingerprint density at radius 2 is 1.71 bits per heavy atom. The molecule has 0 aromatic carbocycles. The van der Waals surface area contributed by atoms with Crippen LogP contribution in [0.25, 0.3) is 0 Å². The summed E-state index contributed by atoms with van der Waals surface area (Å²) in [6, 6.07) is 0.160. The lowest BCUT2D eigenvalue weighted by Gasteiger charge is -2.16. The molecular formula is C15H26N4O2. The summed E-state index contributed by atoms with van der Waals surface area (Å²) in [6.45, 7) is 11.1. The standard InChI is InChI=1S/C15H26N4O2/c1-7-8-19-10(16)9(11(20)18(6)13(19)21)17-12-14(2,3)15(12,4)5/h12,17H,7-8,16H2,1-6H3. The van der Waals surface area contributed by atoms with E-state index in [2.05, 4.69) is 33.0 Å². The van der Waals surface area contributed by atoms with E-state index in [4.69, 9.17) is 5.73 Å². The van der Waals surface area contributed by atoms with Crippen LogP contribution in [0.3, 0.4) is 0 Å². The lowest BCUT2D eigenvalue weighted by molar-refractivity contribution is 0.457. The van der Waals surface area contributed by atoms with Crippen LogP contribution in [0.2, 0.25) is 0 Å². The molecule has 0 atom stereocenters. The molecule has 3 N–H and O–H groups in total. The average molecular weight is 294 g/mol. The fourth-order valence-electron chi connectivity index (χ4n) is 3.06. The van der Waals surface area contributed by atoms with Crippen molar-refractivity contribution in [1.29, 1.82) is 0 Å². The molecule has 0 unspecified atom stereocenters. The quantitative estimate of drug-likeness (QED) is 0.879. The van der Waals surface area contributed by atoms with Crippen LogP contribution in [-0.2, 0) is 13.6 Å². The maximum Gasteiger partial charge on any atom is 0.332 e. The molecule has 1 heterocycles. The summed E-state index contributed by atoms with van der Waals surface area (Å²) in [5, 5.41) is 3.28. The zero-order chi connectivity index (χ0) is 16.2. The molecule has 0 aliphatic heterocycles. The van der Waals surface area contributed by atoms with Crippen LogP contribution >= 0.6 is 0 Å². The van der Waals surface area contributed by atoms with Gasteiger partial charge in [-0.25, -0.2) is 4.79 Å². The summed E-state index contributed by atoms with van der Waals surface area (Å²) in [6.07, 6.45) is 0.780. The molecule has 1 saturated carbocycles. The Morgan fingerprint density at radius 1 is 1.19 bits per heavy atom. The summed E-state index contributed by atoms with van der Waals surface area (Å²) in [7, 11) is 1.49. The Bertz CT molecular complexity index is 668. The molecule has 1 aromatic rings. The fourth-order valence-corrected chi connectivity index (χ4v) is 3.06. The van der Waals surface area contributed by atoms with E-state index in [1.807, 2.05) is 6.92 Å². The number of hydrogen-bond acceptors (Lipinski definition) is 4. The van der Waals surface area contributed by atoms with Crippen molar-refractivity contribution < 1.29 is 0 Å². The van der Waals surface area contributed by atoms with E-state index < -0.39 is 0 Å². The minimum atomic E-state index is -0.362. The third-order valence-electron chi connectivity index (χ3n) is 5.34. The average Bonchev–Trinajstić information content (AvgIpc) is 2.79. The van der Waals surface area contributed by atoms with Crippen LogP contribution in [-0.4, -0.2) is 15.2 Å². The van der Waals surface area contributed by atoms with Gasteiger partial charge in [0, 0.05) is 19.6 Å². The molecule has 6 heteroatoms. The largest absolute Gasteiger partial charge is 0.383 e. The minimum Gasteiger partial charge on any atom is -0.383 e. The summed E-state index contributed by atoms with van der Waals surface area (Å²) >= 11 is 0. The molecule has 1 aliphatic carbocycles. The third-order valence-corrected chi connectivity index (χ3v) is 5.34. The summed E-state index contributed by atoms with van der Waals surface area (Å²) in [4.78, 5) is 24.5. The summed E-state index contributed by atoms with van der Waals surface area (Å²) in [5.41, 5.74) is 5.86. The van der Waals surface area contributed by atoms with E-state index in [0.717, 1.165) is 11.0 Å². The zero-order valence-electron chi connectivity index (χ0n) is 13.8. The van der Waals surface area contributed by atoms with Gasteiger partial charge in [0.25, 0.3) is 5.56 Å². The SMILES string of the molecule is CCCn1c(N)c(NC2C(C)(C)C2(C)C)c(=O)n(C)c1=O. The number of aromatic nitrogens is 2. The van der Waals surface area contributed by atoms with Gasteiger partial charge in [0.2, 0.25) is 0 Å². The molecule has 118 valence electrons. The van der Waals surface area contributed by atoms with Crippen LogP contribution in [0.4, 0.5) is 11.5 Å². The smallest absolute Gasteiger partial charge is 0.332 e. The predicted molar refractivity (Wildman–Crippen MR) is 85.6 cm³/mol. The molecular weight excluding hydrogens is 268 g/mol. The van der Waals surface area contributed by atoms with E-state index in [1.165, 1.54) is 11.6 Å². The first-order valence-corrected chi connectivity index (χ1v) is 7.43. The highest BCUT2D eigenvalue weighted by molar-refractivity contribution is 5.62. The number of nitrogen functional groups attached to an aromatic ring is 1. The zero-order valence-corrected chi connectivity index (χ0v) is 13.8. The maximum absolute atomic E-state index is 12.4. The van der Waals surface area contributed by atoms with Crippen LogP contribution < -0.4 is 22.3 Å². The van der Waals surface area contributed by atoms with E-state index in [1.54, 1.807) is 0 Å². The maximum atomic E-state index is 12.4. The van der Waals surface area contributed by atoms with E-state index in [9.17, 15) is 9.59 Å². The fraction of sp³-hybridized carbons (Fsp3) is 0.733. The lowest BCUT2D eigenvalue weighted by Crippen LogP contribution is -2.41. The van der Waals surface area contributed by atoms with Crippen LogP contribution in [0.15, 0.2) is 9.59 Å². The van der Waals surface area contributed by atoms with Gasteiger partial charge >= 0.3 is 5.69 Å². The van der Waals surface area contributed by atoms with Gasteiger partial charge in [0.1, 0.15) is 11.5 Å². The Kier molecular flexibility index (Phi) is 3.46. The number of nitrogens with zero attached hydrogens (tertiary/aromatic N) is 2. The molecule has 6 nitrogen and oxygen atoms in total. The highest BCUT2D eigenvalue weighted by Crippen LogP contribution is 2.63. The van der Waals surface area contributed by atoms with Crippen molar-refractivity contribution >= 4 is 11.5 Å². The topological polar surface area (TPSA) is 82.0 Å². The number of anilines is 2. The molecule has 0 amide bonds. The van der Waals surface area contributed by atoms with E-state index in [0.29, 0.717) is 12.2 Å². The second kappa shape index (κ2) is 4.64. The van der Waals surface area contributed by atoms with Gasteiger partial charge in [-0.2, -0.15) is 0 Å². The van der Waals surface area contributed by atoms with Crippen molar-refractivity contribution in [3.8, 4) is 0 Å². The highest BCUT2D eigenvalue weighted by atomic mass is 16.2. The third kappa shape index (κ3) is 2.08. The van der Waals surface area contributed by atoms with Gasteiger partial charge < -0.3 is 11.1 Å². The summed E-state index contributed by atoms with van der Waals surface area (Å²) < 4.78 is 2.59. The highest BCUT2D eigenvalue weighted by Gasteiger charge is 2.65. The number of nitrogens with two attached hydrogens (primary N) is 1. The van der Waals surface area contributed by atoms with Crippen molar-refractivity contribution in [3.05, 3.63) is 20.8 Å². The van der Waals surface area contributed by atoms with Crippen molar-refractivity contribution in [1.82, 2.24) is 9.13 Å².